The summed E-state index contributed by atoms with van der Waals surface area (Å²) in [5.74, 6) is -0.366. The maximum atomic E-state index is 13.1. The van der Waals surface area contributed by atoms with Crippen LogP contribution >= 0.6 is 34.4 Å². The van der Waals surface area contributed by atoms with Gasteiger partial charge in [-0.15, -0.1) is 20.4 Å². The van der Waals surface area contributed by atoms with Crippen LogP contribution in [0.2, 0.25) is 0 Å². The molecule has 0 bridgehead atoms. The van der Waals surface area contributed by atoms with Crippen LogP contribution in [0.4, 0.5) is 10.3 Å². The number of nitriles is 1. The summed E-state index contributed by atoms with van der Waals surface area (Å²) in [6.07, 6.45) is 1.75. The SMILES string of the molecule is Cc1nnc(NC(=O)CSc2nnc(N3C(N)=C(C#N)C(c4ccccc4)C4=C3CCCC4=O)s2)s1. The molecule has 0 spiro atoms. The lowest BCUT2D eigenvalue weighted by Gasteiger charge is -2.38. The molecule has 36 heavy (non-hydrogen) atoms. The standard InChI is InChI=1S/C23H20N8O2S3/c1-12-27-28-21(35-12)26-17(33)11-34-23-30-29-22(36-23)31-15-8-5-9-16(32)19(15)18(14(10-24)20(31)25)13-6-3-2-4-7-13/h2-4,6-7,18H,5,8-9,11,25H2,1H3,(H,26,28,33). The topological polar surface area (TPSA) is 151 Å². The summed E-state index contributed by atoms with van der Waals surface area (Å²) in [5.41, 5.74) is 9.07. The molecule has 5 rings (SSSR count). The lowest BCUT2D eigenvalue weighted by molar-refractivity contribution is -0.116. The molecular weight excluding hydrogens is 517 g/mol. The van der Waals surface area contributed by atoms with Gasteiger partial charge in [0.15, 0.2) is 10.1 Å². The van der Waals surface area contributed by atoms with E-state index < -0.39 is 5.92 Å². The number of amides is 1. The monoisotopic (exact) mass is 536 g/mol. The van der Waals surface area contributed by atoms with Gasteiger partial charge < -0.3 is 5.73 Å². The highest BCUT2D eigenvalue weighted by Crippen LogP contribution is 2.47. The molecule has 0 saturated carbocycles. The molecule has 3 heterocycles. The second kappa shape index (κ2) is 10.2. The van der Waals surface area contributed by atoms with Crippen molar-refractivity contribution < 1.29 is 9.59 Å². The molecule has 2 aromatic heterocycles. The highest BCUT2D eigenvalue weighted by atomic mass is 32.2. The Morgan fingerprint density at radius 2 is 2.03 bits per heavy atom. The zero-order chi connectivity index (χ0) is 25.2. The van der Waals surface area contributed by atoms with Crippen molar-refractivity contribution in [3.63, 3.8) is 0 Å². The fourth-order valence-corrected chi connectivity index (χ4v) is 6.55. The Bertz CT molecular complexity index is 1440. The van der Waals surface area contributed by atoms with E-state index in [1.165, 1.54) is 34.4 Å². The number of nitrogens with one attached hydrogen (secondary N) is 1. The van der Waals surface area contributed by atoms with Gasteiger partial charge >= 0.3 is 0 Å². The van der Waals surface area contributed by atoms with Crippen LogP contribution in [0.25, 0.3) is 0 Å². The van der Waals surface area contributed by atoms with Crippen LogP contribution in [0.5, 0.6) is 0 Å². The van der Waals surface area contributed by atoms with E-state index in [0.717, 1.165) is 16.3 Å². The molecule has 3 aromatic rings. The number of carbonyl (C=O) groups excluding carboxylic acids is 2. The molecule has 2 aliphatic rings. The van der Waals surface area contributed by atoms with Crippen molar-refractivity contribution in [2.24, 2.45) is 5.73 Å². The van der Waals surface area contributed by atoms with Gasteiger partial charge in [-0.25, -0.2) is 0 Å². The van der Waals surface area contributed by atoms with E-state index in [9.17, 15) is 14.9 Å². The van der Waals surface area contributed by atoms with E-state index in [2.05, 4.69) is 31.8 Å². The summed E-state index contributed by atoms with van der Waals surface area (Å²) >= 11 is 3.79. The number of nitrogens with two attached hydrogens (primary N) is 1. The predicted octanol–water partition coefficient (Wildman–Crippen LogP) is 3.73. The normalized spacial score (nSPS) is 17.7. The van der Waals surface area contributed by atoms with Gasteiger partial charge in [0, 0.05) is 17.7 Å². The van der Waals surface area contributed by atoms with E-state index in [0.29, 0.717) is 45.0 Å². The number of anilines is 2. The summed E-state index contributed by atoms with van der Waals surface area (Å²) in [5, 5.41) is 30.7. The van der Waals surface area contributed by atoms with Crippen LogP contribution < -0.4 is 16.0 Å². The van der Waals surface area contributed by atoms with Crippen molar-refractivity contribution in [3.8, 4) is 6.07 Å². The van der Waals surface area contributed by atoms with Crippen LogP contribution in [0.1, 0.15) is 35.8 Å². The average Bonchev–Trinajstić information content (AvgIpc) is 3.51. The fraction of sp³-hybridized carbons (Fsp3) is 0.261. The molecule has 0 fully saturated rings. The van der Waals surface area contributed by atoms with Gasteiger partial charge in [-0.1, -0.05) is 64.8 Å². The van der Waals surface area contributed by atoms with Crippen LogP contribution in [0, 0.1) is 18.3 Å². The lowest BCUT2D eigenvalue weighted by Crippen LogP contribution is -2.38. The van der Waals surface area contributed by atoms with Crippen LogP contribution in [0.15, 0.2) is 57.3 Å². The number of aromatic nitrogens is 4. The fourth-order valence-electron chi connectivity index (χ4n) is 4.26. The molecule has 13 heteroatoms. The smallest absolute Gasteiger partial charge is 0.236 e. The molecule has 1 aliphatic heterocycles. The van der Waals surface area contributed by atoms with Crippen molar-refractivity contribution in [3.05, 3.63) is 63.6 Å². The number of carbonyl (C=O) groups is 2. The maximum absolute atomic E-state index is 13.1. The van der Waals surface area contributed by atoms with E-state index in [1.54, 1.807) is 4.90 Å². The average molecular weight is 537 g/mol. The molecule has 1 atom stereocenters. The van der Waals surface area contributed by atoms with E-state index in [4.69, 9.17) is 5.73 Å². The van der Waals surface area contributed by atoms with E-state index in [-0.39, 0.29) is 23.3 Å². The van der Waals surface area contributed by atoms with Crippen molar-refractivity contribution in [1.82, 2.24) is 20.4 Å². The minimum absolute atomic E-state index is 0.0121. The molecule has 0 radical (unpaired) electrons. The van der Waals surface area contributed by atoms with Crippen molar-refractivity contribution >= 4 is 56.4 Å². The van der Waals surface area contributed by atoms with Gasteiger partial charge in [0.1, 0.15) is 10.8 Å². The van der Waals surface area contributed by atoms with Crippen LogP contribution in [0.3, 0.4) is 0 Å². The summed E-state index contributed by atoms with van der Waals surface area (Å²) in [6, 6.07) is 11.7. The number of rotatable bonds is 6. The van der Waals surface area contributed by atoms with Crippen LogP contribution in [-0.2, 0) is 9.59 Å². The van der Waals surface area contributed by atoms with Crippen molar-refractivity contribution in [1.29, 1.82) is 5.26 Å². The molecule has 1 amide bonds. The molecule has 182 valence electrons. The van der Waals surface area contributed by atoms with Crippen molar-refractivity contribution in [2.75, 3.05) is 16.0 Å². The second-order valence-electron chi connectivity index (χ2n) is 8.04. The Morgan fingerprint density at radius 1 is 1.22 bits per heavy atom. The quantitative estimate of drug-likeness (QED) is 0.446. The second-order valence-corrected chi connectivity index (χ2v) is 11.4. The molecule has 1 unspecified atom stereocenters. The third-order valence-electron chi connectivity index (χ3n) is 5.73. The number of Topliss-reactive ketones (excluding diaryl/α,β-unsaturated/α-hetero) is 1. The van der Waals surface area contributed by atoms with Gasteiger partial charge in [0.2, 0.25) is 16.2 Å². The first-order valence-electron chi connectivity index (χ1n) is 11.0. The Hall–Kier alpha value is -3.60. The van der Waals surface area contributed by atoms with Gasteiger partial charge in [-0.05, 0) is 25.3 Å². The summed E-state index contributed by atoms with van der Waals surface area (Å²) in [4.78, 5) is 27.1. The Balaban J connectivity index is 1.42. The Kier molecular flexibility index (Phi) is 6.82. The molecule has 1 aromatic carbocycles. The molecule has 10 nitrogen and oxygen atoms in total. The van der Waals surface area contributed by atoms with Gasteiger partial charge in [-0.3, -0.25) is 19.8 Å². The largest absolute Gasteiger partial charge is 0.384 e. The van der Waals surface area contributed by atoms with E-state index in [1.807, 2.05) is 37.3 Å². The van der Waals surface area contributed by atoms with Gasteiger partial charge in [-0.2, -0.15) is 5.26 Å². The number of benzene rings is 1. The van der Waals surface area contributed by atoms with Crippen molar-refractivity contribution in [2.45, 2.75) is 36.4 Å². The number of thioether (sulfide) groups is 1. The first kappa shape index (κ1) is 24.1. The summed E-state index contributed by atoms with van der Waals surface area (Å²) in [6.45, 7) is 1.81. The van der Waals surface area contributed by atoms with Gasteiger partial charge in [0.05, 0.1) is 23.3 Å². The number of hydrogen-bond acceptors (Lipinski definition) is 12. The summed E-state index contributed by atoms with van der Waals surface area (Å²) < 4.78 is 0.564. The first-order valence-corrected chi connectivity index (χ1v) is 13.7. The zero-order valence-corrected chi connectivity index (χ0v) is 21.5. The number of hydrogen-bond donors (Lipinski definition) is 2. The number of allylic oxidation sites excluding steroid dienone is 3. The molecule has 1 aliphatic carbocycles. The number of aryl methyl sites for hydroxylation is 1. The molecule has 0 saturated heterocycles. The van der Waals surface area contributed by atoms with Gasteiger partial charge in [0.25, 0.3) is 0 Å². The van der Waals surface area contributed by atoms with E-state index >= 15 is 0 Å². The predicted molar refractivity (Wildman–Crippen MR) is 138 cm³/mol. The first-order chi connectivity index (χ1) is 17.5. The number of nitrogens with zero attached hydrogens (tertiary/aromatic N) is 6. The Morgan fingerprint density at radius 3 is 2.75 bits per heavy atom. The van der Waals surface area contributed by atoms with Crippen LogP contribution in [-0.4, -0.2) is 37.8 Å². The lowest BCUT2D eigenvalue weighted by atomic mass is 9.76. The third kappa shape index (κ3) is 4.62. The Labute approximate surface area is 218 Å². The maximum Gasteiger partial charge on any atom is 0.236 e. The highest BCUT2D eigenvalue weighted by Gasteiger charge is 2.41. The minimum atomic E-state index is -0.510. The molecular formula is C23H20N8O2S3. The molecule has 3 N–H and O–H groups in total. The number of ketones is 1. The zero-order valence-electron chi connectivity index (χ0n) is 19.1. The minimum Gasteiger partial charge on any atom is -0.384 e. The third-order valence-corrected chi connectivity index (χ3v) is 8.53. The summed E-state index contributed by atoms with van der Waals surface area (Å²) in [7, 11) is 0. The highest BCUT2D eigenvalue weighted by molar-refractivity contribution is 8.01.